The van der Waals surface area contributed by atoms with Gasteiger partial charge in [-0.15, -0.1) is 0 Å². The first kappa shape index (κ1) is 23.0. The van der Waals surface area contributed by atoms with Gasteiger partial charge in [0.25, 0.3) is 5.69 Å². The lowest BCUT2D eigenvalue weighted by Gasteiger charge is -2.31. The van der Waals surface area contributed by atoms with E-state index in [9.17, 15) is 23.3 Å². The van der Waals surface area contributed by atoms with E-state index in [1.54, 1.807) is 13.0 Å². The highest BCUT2D eigenvalue weighted by atomic mass is 35.5. The molecule has 0 spiro atoms. The molecule has 0 aromatic heterocycles. The van der Waals surface area contributed by atoms with Gasteiger partial charge in [-0.1, -0.05) is 17.7 Å². The van der Waals surface area contributed by atoms with Gasteiger partial charge in [-0.3, -0.25) is 14.9 Å². The number of nitro groups is 1. The summed E-state index contributed by atoms with van der Waals surface area (Å²) in [7, 11) is -2.41. The SMILES string of the molecule is COc1ccc(S(=O)(=O)N2CCCC(C(=O)Nc3cccc([N+](=O)[O-])c3C)C2)cc1Cl. The molecule has 1 heterocycles. The molecule has 1 atom stereocenters. The largest absolute Gasteiger partial charge is 0.495 e. The minimum absolute atomic E-state index is 0.00574. The average molecular weight is 468 g/mol. The van der Waals surface area contributed by atoms with E-state index in [2.05, 4.69) is 5.32 Å². The van der Waals surface area contributed by atoms with Crippen molar-refractivity contribution in [1.29, 1.82) is 0 Å². The van der Waals surface area contributed by atoms with Crippen LogP contribution < -0.4 is 10.1 Å². The Labute approximate surface area is 185 Å². The maximum absolute atomic E-state index is 13.1. The number of rotatable bonds is 6. The molecule has 31 heavy (non-hydrogen) atoms. The molecule has 0 aliphatic carbocycles. The van der Waals surface area contributed by atoms with Crippen molar-refractivity contribution < 1.29 is 22.9 Å². The maximum atomic E-state index is 13.1. The van der Waals surface area contributed by atoms with Gasteiger partial charge in [0.1, 0.15) is 5.75 Å². The second-order valence-corrected chi connectivity index (χ2v) is 9.54. The molecule has 3 rings (SSSR count). The van der Waals surface area contributed by atoms with Crippen LogP contribution in [0.3, 0.4) is 0 Å². The molecule has 0 radical (unpaired) electrons. The van der Waals surface area contributed by atoms with Gasteiger partial charge < -0.3 is 10.1 Å². The molecular weight excluding hydrogens is 446 g/mol. The van der Waals surface area contributed by atoms with Crippen molar-refractivity contribution in [3.63, 3.8) is 0 Å². The minimum Gasteiger partial charge on any atom is -0.495 e. The number of sulfonamides is 1. The van der Waals surface area contributed by atoms with Crippen LogP contribution in [0.1, 0.15) is 18.4 Å². The van der Waals surface area contributed by atoms with Crippen LogP contribution in [0.15, 0.2) is 41.3 Å². The molecule has 9 nitrogen and oxygen atoms in total. The molecule has 2 aromatic rings. The second kappa shape index (κ2) is 9.21. The van der Waals surface area contributed by atoms with Crippen LogP contribution in [0.5, 0.6) is 5.75 Å². The summed E-state index contributed by atoms with van der Waals surface area (Å²) in [6, 6.07) is 8.65. The van der Waals surface area contributed by atoms with Crippen molar-refractivity contribution in [3.8, 4) is 5.75 Å². The number of hydrogen-bond acceptors (Lipinski definition) is 6. The standard InChI is InChI=1S/C20H22ClN3O6S/c1-13-17(6-3-7-18(13)24(26)27)22-20(25)14-5-4-10-23(12-14)31(28,29)15-8-9-19(30-2)16(21)11-15/h3,6-9,11,14H,4-5,10,12H2,1-2H3,(H,22,25). The average Bonchev–Trinajstić information content (AvgIpc) is 2.75. The maximum Gasteiger partial charge on any atom is 0.274 e. The Morgan fingerprint density at radius 2 is 2.06 bits per heavy atom. The summed E-state index contributed by atoms with van der Waals surface area (Å²) >= 11 is 6.07. The van der Waals surface area contributed by atoms with Crippen LogP contribution in [-0.4, -0.2) is 43.8 Å². The number of ether oxygens (including phenoxy) is 1. The number of nitro benzene ring substituents is 1. The van der Waals surface area contributed by atoms with Crippen molar-refractivity contribution >= 4 is 38.9 Å². The molecule has 1 unspecified atom stereocenters. The Kier molecular flexibility index (Phi) is 6.83. The minimum atomic E-state index is -3.85. The van der Waals surface area contributed by atoms with Crippen LogP contribution in [0.2, 0.25) is 5.02 Å². The topological polar surface area (TPSA) is 119 Å². The fourth-order valence-electron chi connectivity index (χ4n) is 3.52. The molecule has 1 aliphatic heterocycles. The first-order valence-corrected chi connectivity index (χ1v) is 11.4. The van der Waals surface area contributed by atoms with Crippen LogP contribution in [0, 0.1) is 23.0 Å². The molecule has 0 saturated carbocycles. The predicted molar refractivity (Wildman–Crippen MR) is 116 cm³/mol. The number of amides is 1. The molecule has 11 heteroatoms. The summed E-state index contributed by atoms with van der Waals surface area (Å²) in [5, 5.41) is 14.0. The third kappa shape index (κ3) is 4.81. The fraction of sp³-hybridized carbons (Fsp3) is 0.350. The van der Waals surface area contributed by atoms with Crippen LogP contribution in [-0.2, 0) is 14.8 Å². The Morgan fingerprint density at radius 3 is 2.71 bits per heavy atom. The van der Waals surface area contributed by atoms with Crippen molar-refractivity contribution in [3.05, 3.63) is 57.1 Å². The van der Waals surface area contributed by atoms with E-state index in [1.165, 1.54) is 41.7 Å². The van der Waals surface area contributed by atoms with Gasteiger partial charge in [-0.05, 0) is 44.0 Å². The van der Waals surface area contributed by atoms with E-state index >= 15 is 0 Å². The number of hydrogen-bond donors (Lipinski definition) is 1. The first-order chi connectivity index (χ1) is 14.6. The number of halogens is 1. The van der Waals surface area contributed by atoms with Crippen molar-refractivity contribution in [2.24, 2.45) is 5.92 Å². The molecule has 2 aromatic carbocycles. The normalized spacial score (nSPS) is 17.2. The highest BCUT2D eigenvalue weighted by Crippen LogP contribution is 2.31. The van der Waals surface area contributed by atoms with Crippen molar-refractivity contribution in [2.45, 2.75) is 24.7 Å². The zero-order valence-corrected chi connectivity index (χ0v) is 18.6. The number of anilines is 1. The zero-order valence-electron chi connectivity index (χ0n) is 17.0. The highest BCUT2D eigenvalue weighted by molar-refractivity contribution is 7.89. The number of methoxy groups -OCH3 is 1. The highest BCUT2D eigenvalue weighted by Gasteiger charge is 2.34. The number of carbonyl (C=O) groups is 1. The number of nitrogens with zero attached hydrogens (tertiary/aromatic N) is 2. The fourth-order valence-corrected chi connectivity index (χ4v) is 5.40. The van der Waals surface area contributed by atoms with E-state index in [4.69, 9.17) is 16.3 Å². The Hall–Kier alpha value is -2.69. The third-order valence-corrected chi connectivity index (χ3v) is 7.43. The molecular formula is C20H22ClN3O6S. The monoisotopic (exact) mass is 467 g/mol. The van der Waals surface area contributed by atoms with Gasteiger partial charge in [0, 0.05) is 19.2 Å². The van der Waals surface area contributed by atoms with Crippen molar-refractivity contribution in [1.82, 2.24) is 4.31 Å². The van der Waals surface area contributed by atoms with Crippen LogP contribution in [0.4, 0.5) is 11.4 Å². The first-order valence-electron chi connectivity index (χ1n) is 9.53. The van der Waals surface area contributed by atoms with Gasteiger partial charge in [-0.2, -0.15) is 4.31 Å². The summed E-state index contributed by atoms with van der Waals surface area (Å²) in [4.78, 5) is 23.4. The van der Waals surface area contributed by atoms with E-state index < -0.39 is 20.9 Å². The van der Waals surface area contributed by atoms with Gasteiger partial charge in [0.05, 0.1) is 39.1 Å². The van der Waals surface area contributed by atoms with Gasteiger partial charge in [0.15, 0.2) is 0 Å². The van der Waals surface area contributed by atoms with Gasteiger partial charge in [0.2, 0.25) is 15.9 Å². The summed E-state index contributed by atoms with van der Waals surface area (Å²) in [5.74, 6) is -0.601. The van der Waals surface area contributed by atoms with E-state index in [1.807, 2.05) is 0 Å². The summed E-state index contributed by atoms with van der Waals surface area (Å²) in [5.41, 5.74) is 0.581. The lowest BCUT2D eigenvalue weighted by Crippen LogP contribution is -2.43. The zero-order chi connectivity index (χ0) is 22.8. The van der Waals surface area contributed by atoms with Crippen LogP contribution >= 0.6 is 11.6 Å². The third-order valence-electron chi connectivity index (χ3n) is 5.28. The van der Waals surface area contributed by atoms with E-state index in [0.717, 1.165) is 0 Å². The van der Waals surface area contributed by atoms with E-state index in [-0.39, 0.29) is 34.6 Å². The Morgan fingerprint density at radius 1 is 1.32 bits per heavy atom. The molecule has 1 N–H and O–H groups in total. The summed E-state index contributed by atoms with van der Waals surface area (Å²) in [6.45, 7) is 1.84. The summed E-state index contributed by atoms with van der Waals surface area (Å²) in [6.07, 6.45) is 1.02. The summed E-state index contributed by atoms with van der Waals surface area (Å²) < 4.78 is 32.4. The molecule has 1 aliphatic rings. The molecule has 1 amide bonds. The Balaban J connectivity index is 1.77. The van der Waals surface area contributed by atoms with Gasteiger partial charge >= 0.3 is 0 Å². The second-order valence-electron chi connectivity index (χ2n) is 7.19. The number of benzene rings is 2. The number of carbonyl (C=O) groups excluding carboxylic acids is 1. The van der Waals surface area contributed by atoms with Crippen molar-refractivity contribution in [2.75, 3.05) is 25.5 Å². The molecule has 0 bridgehead atoms. The van der Waals surface area contributed by atoms with Crippen LogP contribution in [0.25, 0.3) is 0 Å². The van der Waals surface area contributed by atoms with E-state index in [0.29, 0.717) is 29.8 Å². The van der Waals surface area contributed by atoms with Gasteiger partial charge in [-0.25, -0.2) is 8.42 Å². The Bertz CT molecular complexity index is 1120. The quantitative estimate of drug-likeness (QED) is 0.512. The lowest BCUT2D eigenvalue weighted by atomic mass is 9.98. The molecule has 166 valence electrons. The number of piperidine rings is 1. The molecule has 1 fully saturated rings. The molecule has 1 saturated heterocycles. The lowest BCUT2D eigenvalue weighted by molar-refractivity contribution is -0.385. The predicted octanol–water partition coefficient (Wildman–Crippen LogP) is 3.60. The number of nitrogens with one attached hydrogen (secondary N) is 1. The smallest absolute Gasteiger partial charge is 0.274 e.